The lowest BCUT2D eigenvalue weighted by Crippen LogP contribution is -2.09. The van der Waals surface area contributed by atoms with Crippen molar-refractivity contribution in [2.75, 3.05) is 14.1 Å². The van der Waals surface area contributed by atoms with Crippen LogP contribution < -0.4 is 0 Å². The van der Waals surface area contributed by atoms with E-state index in [0.717, 1.165) is 11.4 Å². The van der Waals surface area contributed by atoms with Gasteiger partial charge in [-0.05, 0) is 51.0 Å². The zero-order valence-corrected chi connectivity index (χ0v) is 17.9. The van der Waals surface area contributed by atoms with E-state index in [-0.39, 0.29) is 0 Å². The second kappa shape index (κ2) is 9.69. The molecule has 0 radical (unpaired) electrons. The molecule has 0 aromatic heterocycles. The Hall–Kier alpha value is -1.92. The van der Waals surface area contributed by atoms with Crippen LogP contribution in [-0.4, -0.2) is 35.4 Å². The Labute approximate surface area is 165 Å². The molecular formula is C20H26N4S2. The highest BCUT2D eigenvalue weighted by Crippen LogP contribution is 2.27. The van der Waals surface area contributed by atoms with Gasteiger partial charge in [0.1, 0.15) is 12.7 Å². The van der Waals surface area contributed by atoms with Crippen LogP contribution in [0.5, 0.6) is 0 Å². The average Bonchev–Trinajstić information content (AvgIpc) is 2.58. The lowest BCUT2D eigenvalue weighted by atomic mass is 10.1. The fourth-order valence-electron chi connectivity index (χ4n) is 2.33. The molecule has 0 saturated carbocycles. The first kappa shape index (κ1) is 20.4. The molecule has 0 atom stereocenters. The van der Waals surface area contributed by atoms with Crippen molar-refractivity contribution in [3.8, 4) is 0 Å². The molecule has 0 unspecified atom stereocenters. The minimum atomic E-state index is 0.998. The molecule has 0 N–H and O–H groups in total. The molecule has 0 spiro atoms. The van der Waals surface area contributed by atoms with Crippen molar-refractivity contribution in [1.82, 2.24) is 8.61 Å². The van der Waals surface area contributed by atoms with Crippen molar-refractivity contribution in [3.05, 3.63) is 58.7 Å². The van der Waals surface area contributed by atoms with Gasteiger partial charge in [0.2, 0.25) is 0 Å². The van der Waals surface area contributed by atoms with Gasteiger partial charge in [0.25, 0.3) is 0 Å². The number of benzene rings is 2. The molecule has 0 aliphatic carbocycles. The predicted octanol–water partition coefficient (Wildman–Crippen LogP) is 6.02. The third-order valence-electron chi connectivity index (χ3n) is 3.69. The van der Waals surface area contributed by atoms with Crippen LogP contribution in [0.25, 0.3) is 0 Å². The normalized spacial score (nSPS) is 11.5. The topological polar surface area (TPSA) is 31.2 Å². The standard InChI is InChI=1S/C20H26N4S2/c1-15-7-9-19(17(3)11-15)21-13-23(5)25-26-24(6)14-22-20-10-8-16(2)12-18(20)4/h7-14H,1-6H3. The fraction of sp³-hybridized carbons (Fsp3) is 0.300. The number of hydrogen-bond donors (Lipinski definition) is 0. The summed E-state index contributed by atoms with van der Waals surface area (Å²) in [5.41, 5.74) is 6.87. The molecular weight excluding hydrogens is 360 g/mol. The summed E-state index contributed by atoms with van der Waals surface area (Å²) in [6, 6.07) is 12.6. The van der Waals surface area contributed by atoms with E-state index in [1.807, 2.05) is 35.4 Å². The van der Waals surface area contributed by atoms with E-state index in [0.29, 0.717) is 0 Å². The molecule has 2 aromatic carbocycles. The Bertz CT molecular complexity index is 735. The minimum absolute atomic E-state index is 0.998. The minimum Gasteiger partial charge on any atom is -0.299 e. The maximum absolute atomic E-state index is 4.55. The summed E-state index contributed by atoms with van der Waals surface area (Å²) in [7, 11) is 7.15. The number of nitrogens with zero attached hydrogens (tertiary/aromatic N) is 4. The van der Waals surface area contributed by atoms with Crippen molar-refractivity contribution in [1.29, 1.82) is 0 Å². The van der Waals surface area contributed by atoms with E-state index in [9.17, 15) is 0 Å². The molecule has 0 bridgehead atoms. The van der Waals surface area contributed by atoms with Crippen LogP contribution in [0.1, 0.15) is 22.3 Å². The molecule has 0 aliphatic heterocycles. The van der Waals surface area contributed by atoms with Crippen LogP contribution in [0.15, 0.2) is 46.4 Å². The summed E-state index contributed by atoms with van der Waals surface area (Å²) in [5.74, 6) is 0. The van der Waals surface area contributed by atoms with Gasteiger partial charge in [-0.2, -0.15) is 0 Å². The summed E-state index contributed by atoms with van der Waals surface area (Å²) in [6.07, 6.45) is 3.68. The Morgan fingerprint density at radius 2 is 1.08 bits per heavy atom. The van der Waals surface area contributed by atoms with Crippen LogP contribution in [0, 0.1) is 27.7 Å². The van der Waals surface area contributed by atoms with Gasteiger partial charge in [-0.15, -0.1) is 0 Å². The average molecular weight is 387 g/mol. The fourth-order valence-corrected chi connectivity index (χ4v) is 3.57. The zero-order valence-electron chi connectivity index (χ0n) is 16.2. The highest BCUT2D eigenvalue weighted by molar-refractivity contribution is 8.75. The molecule has 0 saturated heterocycles. The third-order valence-corrected chi connectivity index (χ3v) is 6.03. The van der Waals surface area contributed by atoms with Crippen LogP contribution in [0.3, 0.4) is 0 Å². The van der Waals surface area contributed by atoms with E-state index >= 15 is 0 Å². The van der Waals surface area contributed by atoms with Gasteiger partial charge in [0.05, 0.1) is 11.4 Å². The Balaban J connectivity index is 1.85. The van der Waals surface area contributed by atoms with E-state index in [1.54, 1.807) is 22.0 Å². The molecule has 4 nitrogen and oxygen atoms in total. The molecule has 0 aliphatic rings. The van der Waals surface area contributed by atoms with Crippen LogP contribution in [0.2, 0.25) is 0 Å². The van der Waals surface area contributed by atoms with Crippen molar-refractivity contribution < 1.29 is 0 Å². The second-order valence-corrected chi connectivity index (χ2v) is 8.65. The molecule has 26 heavy (non-hydrogen) atoms. The highest BCUT2D eigenvalue weighted by Gasteiger charge is 2.01. The van der Waals surface area contributed by atoms with Gasteiger partial charge in [-0.25, -0.2) is 9.98 Å². The maximum atomic E-state index is 4.55. The Morgan fingerprint density at radius 1 is 0.692 bits per heavy atom. The van der Waals surface area contributed by atoms with E-state index in [4.69, 9.17) is 0 Å². The second-order valence-electron chi connectivity index (χ2n) is 6.31. The van der Waals surface area contributed by atoms with E-state index in [2.05, 4.69) is 74.1 Å². The van der Waals surface area contributed by atoms with Crippen molar-refractivity contribution >= 4 is 46.0 Å². The van der Waals surface area contributed by atoms with Gasteiger partial charge in [0, 0.05) is 36.1 Å². The van der Waals surface area contributed by atoms with Crippen LogP contribution >= 0.6 is 22.0 Å². The molecule has 2 rings (SSSR count). The first-order chi connectivity index (χ1) is 12.3. The first-order valence-electron chi connectivity index (χ1n) is 8.38. The molecule has 0 heterocycles. The van der Waals surface area contributed by atoms with Gasteiger partial charge < -0.3 is 0 Å². The Kier molecular flexibility index (Phi) is 7.60. The lowest BCUT2D eigenvalue weighted by Gasteiger charge is -2.15. The molecule has 2 aromatic rings. The predicted molar refractivity (Wildman–Crippen MR) is 119 cm³/mol. The first-order valence-corrected chi connectivity index (χ1v) is 10.4. The molecule has 0 amide bonds. The van der Waals surface area contributed by atoms with Crippen molar-refractivity contribution in [2.45, 2.75) is 27.7 Å². The van der Waals surface area contributed by atoms with Crippen LogP contribution in [-0.2, 0) is 0 Å². The van der Waals surface area contributed by atoms with Gasteiger partial charge in [-0.1, -0.05) is 35.4 Å². The Morgan fingerprint density at radius 3 is 1.42 bits per heavy atom. The smallest absolute Gasteiger partial charge is 0.102 e. The third kappa shape index (κ3) is 6.42. The van der Waals surface area contributed by atoms with Gasteiger partial charge in [-0.3, -0.25) is 8.61 Å². The zero-order chi connectivity index (χ0) is 19.1. The summed E-state index contributed by atoms with van der Waals surface area (Å²) < 4.78 is 3.96. The molecule has 0 fully saturated rings. The summed E-state index contributed by atoms with van der Waals surface area (Å²) in [5, 5.41) is 0. The number of aliphatic imine (C=N–C) groups is 2. The molecule has 6 heteroatoms. The number of hydrogen-bond acceptors (Lipinski definition) is 4. The molecule has 138 valence electrons. The van der Waals surface area contributed by atoms with Crippen molar-refractivity contribution in [2.24, 2.45) is 9.98 Å². The summed E-state index contributed by atoms with van der Waals surface area (Å²) in [4.78, 5) is 9.11. The number of rotatable bonds is 7. The van der Waals surface area contributed by atoms with E-state index in [1.165, 1.54) is 22.3 Å². The largest absolute Gasteiger partial charge is 0.299 e. The lowest BCUT2D eigenvalue weighted by molar-refractivity contribution is 0.866. The quantitative estimate of drug-likeness (QED) is 0.252. The summed E-state index contributed by atoms with van der Waals surface area (Å²) in [6.45, 7) is 8.35. The SMILES string of the molecule is Cc1ccc(N=CN(C)SSN(C)C=Nc2ccc(C)cc2C)c(C)c1. The van der Waals surface area contributed by atoms with Gasteiger partial charge >= 0.3 is 0 Å². The maximum Gasteiger partial charge on any atom is 0.102 e. The van der Waals surface area contributed by atoms with Crippen molar-refractivity contribution in [3.63, 3.8) is 0 Å². The van der Waals surface area contributed by atoms with Gasteiger partial charge in [0.15, 0.2) is 0 Å². The summed E-state index contributed by atoms with van der Waals surface area (Å²) >= 11 is 0. The number of aryl methyl sites for hydroxylation is 4. The van der Waals surface area contributed by atoms with E-state index < -0.39 is 0 Å². The highest BCUT2D eigenvalue weighted by atomic mass is 33.1. The van der Waals surface area contributed by atoms with Crippen LogP contribution in [0.4, 0.5) is 11.4 Å². The monoisotopic (exact) mass is 386 g/mol.